The molecule has 5 nitrogen and oxygen atoms in total. The van der Waals surface area contributed by atoms with Gasteiger partial charge in [-0.15, -0.1) is 0 Å². The van der Waals surface area contributed by atoms with Gasteiger partial charge < -0.3 is 14.8 Å². The number of carbonyl (C=O) groups is 1. The van der Waals surface area contributed by atoms with Crippen molar-refractivity contribution in [1.82, 2.24) is 10.2 Å². The molecule has 6 heteroatoms. The van der Waals surface area contributed by atoms with Crippen molar-refractivity contribution in [2.45, 2.75) is 13.0 Å². The van der Waals surface area contributed by atoms with E-state index in [1.165, 1.54) is 24.8 Å². The molecule has 1 aliphatic heterocycles. The zero-order valence-electron chi connectivity index (χ0n) is 16.9. The third-order valence-electron chi connectivity index (χ3n) is 4.94. The molecule has 0 bridgehead atoms. The van der Waals surface area contributed by atoms with Gasteiger partial charge in [0, 0.05) is 25.7 Å². The van der Waals surface area contributed by atoms with Crippen LogP contribution in [0.15, 0.2) is 48.5 Å². The van der Waals surface area contributed by atoms with E-state index in [0.29, 0.717) is 25.3 Å². The van der Waals surface area contributed by atoms with Crippen LogP contribution >= 0.6 is 0 Å². The Hall–Kier alpha value is -2.70. The third-order valence-corrected chi connectivity index (χ3v) is 4.94. The Kier molecular flexibility index (Phi) is 7.38. The summed E-state index contributed by atoms with van der Waals surface area (Å²) in [6.45, 7) is 5.85. The molecule has 0 aromatic heterocycles. The van der Waals surface area contributed by atoms with E-state index < -0.39 is 5.82 Å². The minimum Gasteiger partial charge on any atom is -0.494 e. The van der Waals surface area contributed by atoms with Crippen LogP contribution in [-0.2, 0) is 9.53 Å². The zero-order valence-corrected chi connectivity index (χ0v) is 16.9. The van der Waals surface area contributed by atoms with E-state index in [1.54, 1.807) is 18.2 Å². The van der Waals surface area contributed by atoms with Gasteiger partial charge in [0.15, 0.2) is 11.6 Å². The highest BCUT2D eigenvalue weighted by Gasteiger charge is 2.19. The molecule has 1 atom stereocenters. The average Bonchev–Trinajstić information content (AvgIpc) is 2.73. The van der Waals surface area contributed by atoms with E-state index in [2.05, 4.69) is 10.2 Å². The molecule has 0 aliphatic carbocycles. The van der Waals surface area contributed by atoms with Gasteiger partial charge in [-0.2, -0.15) is 0 Å². The summed E-state index contributed by atoms with van der Waals surface area (Å²) >= 11 is 0. The Labute approximate surface area is 171 Å². The molecule has 0 saturated carbocycles. The van der Waals surface area contributed by atoms with Gasteiger partial charge in [0.1, 0.15) is 0 Å². The standard InChI is InChI=1S/C23H27FN2O3/c1-17-3-7-19(8-4-17)21(16-26-11-13-29-14-12-26)25-23(27)10-6-18-5-9-22(28-2)20(24)15-18/h3-10,15,21H,11-14,16H2,1-2H3,(H,25,27)/b10-6+/t21-/m0/s1. The van der Waals surface area contributed by atoms with E-state index >= 15 is 0 Å². The number of halogens is 1. The molecule has 1 aliphatic rings. The minimum absolute atomic E-state index is 0.140. The van der Waals surface area contributed by atoms with Gasteiger partial charge in [0.2, 0.25) is 5.91 Å². The Bertz CT molecular complexity index is 846. The number of hydrogen-bond acceptors (Lipinski definition) is 4. The molecule has 0 spiro atoms. The second kappa shape index (κ2) is 10.2. The minimum atomic E-state index is -0.458. The van der Waals surface area contributed by atoms with Crippen LogP contribution in [0.25, 0.3) is 6.08 Å². The molecule has 1 heterocycles. The largest absolute Gasteiger partial charge is 0.494 e. The highest BCUT2D eigenvalue weighted by atomic mass is 19.1. The van der Waals surface area contributed by atoms with Gasteiger partial charge in [0.25, 0.3) is 0 Å². The quantitative estimate of drug-likeness (QED) is 0.727. The molecule has 1 fully saturated rings. The molecular formula is C23H27FN2O3. The van der Waals surface area contributed by atoms with Gasteiger partial charge in [-0.3, -0.25) is 9.69 Å². The average molecular weight is 398 g/mol. The molecule has 3 rings (SSSR count). The van der Waals surface area contributed by atoms with Crippen LogP contribution in [0.3, 0.4) is 0 Å². The molecule has 154 valence electrons. The first-order chi connectivity index (χ1) is 14.0. The molecule has 2 aromatic rings. The van der Waals surface area contributed by atoms with E-state index in [0.717, 1.165) is 18.7 Å². The maximum Gasteiger partial charge on any atom is 0.244 e. The lowest BCUT2D eigenvalue weighted by Gasteiger charge is -2.31. The van der Waals surface area contributed by atoms with Crippen LogP contribution < -0.4 is 10.1 Å². The number of amides is 1. The summed E-state index contributed by atoms with van der Waals surface area (Å²) in [5, 5.41) is 3.08. The Morgan fingerprint density at radius 2 is 1.97 bits per heavy atom. The number of nitrogens with zero attached hydrogens (tertiary/aromatic N) is 1. The van der Waals surface area contributed by atoms with Crippen molar-refractivity contribution < 1.29 is 18.7 Å². The number of hydrogen-bond donors (Lipinski definition) is 1. The van der Waals surface area contributed by atoms with E-state index in [-0.39, 0.29) is 17.7 Å². The lowest BCUT2D eigenvalue weighted by atomic mass is 10.0. The monoisotopic (exact) mass is 398 g/mol. The molecule has 1 saturated heterocycles. The maximum atomic E-state index is 13.8. The molecule has 1 N–H and O–H groups in total. The van der Waals surface area contributed by atoms with Crippen molar-refractivity contribution in [2.24, 2.45) is 0 Å². The third kappa shape index (κ3) is 6.14. The van der Waals surface area contributed by atoms with Crippen molar-refractivity contribution in [2.75, 3.05) is 40.0 Å². The molecule has 2 aromatic carbocycles. The first kappa shape index (κ1) is 21.0. The van der Waals surface area contributed by atoms with Crippen LogP contribution in [0.2, 0.25) is 0 Å². The highest BCUT2D eigenvalue weighted by Crippen LogP contribution is 2.19. The van der Waals surface area contributed by atoms with Crippen LogP contribution in [-0.4, -0.2) is 50.8 Å². The number of aryl methyl sites for hydroxylation is 1. The molecule has 29 heavy (non-hydrogen) atoms. The number of ether oxygens (including phenoxy) is 2. The number of benzene rings is 2. The second-order valence-electron chi connectivity index (χ2n) is 7.11. The summed E-state index contributed by atoms with van der Waals surface area (Å²) in [4.78, 5) is 14.8. The van der Waals surface area contributed by atoms with Crippen LogP contribution in [0, 0.1) is 12.7 Å². The molecule has 1 amide bonds. The molecule has 0 unspecified atom stereocenters. The van der Waals surface area contributed by atoms with E-state index in [9.17, 15) is 9.18 Å². The van der Waals surface area contributed by atoms with Gasteiger partial charge in [-0.25, -0.2) is 4.39 Å². The molecule has 0 radical (unpaired) electrons. The van der Waals surface area contributed by atoms with Gasteiger partial charge in [-0.05, 0) is 36.3 Å². The number of carbonyl (C=O) groups excluding carboxylic acids is 1. The fraction of sp³-hybridized carbons (Fsp3) is 0.348. The van der Waals surface area contributed by atoms with Crippen LogP contribution in [0.5, 0.6) is 5.75 Å². The summed E-state index contributed by atoms with van der Waals surface area (Å²) in [5.74, 6) is -0.503. The van der Waals surface area contributed by atoms with Crippen molar-refractivity contribution in [3.8, 4) is 5.75 Å². The summed E-state index contributed by atoms with van der Waals surface area (Å²) in [6.07, 6.45) is 3.03. The first-order valence-electron chi connectivity index (χ1n) is 9.74. The predicted octanol–water partition coefficient (Wildman–Crippen LogP) is 3.35. The van der Waals surface area contributed by atoms with Crippen LogP contribution in [0.1, 0.15) is 22.7 Å². The molecular weight excluding hydrogens is 371 g/mol. The summed E-state index contributed by atoms with van der Waals surface area (Å²) in [6, 6.07) is 12.6. The number of methoxy groups -OCH3 is 1. The number of nitrogens with one attached hydrogen (secondary N) is 1. The Balaban J connectivity index is 1.69. The fourth-order valence-corrected chi connectivity index (χ4v) is 3.25. The van der Waals surface area contributed by atoms with Crippen molar-refractivity contribution in [3.63, 3.8) is 0 Å². The van der Waals surface area contributed by atoms with Crippen LogP contribution in [0.4, 0.5) is 4.39 Å². The van der Waals surface area contributed by atoms with E-state index in [4.69, 9.17) is 9.47 Å². The number of rotatable bonds is 7. The highest BCUT2D eigenvalue weighted by molar-refractivity contribution is 5.92. The van der Waals surface area contributed by atoms with Gasteiger partial charge >= 0.3 is 0 Å². The topological polar surface area (TPSA) is 50.8 Å². The van der Waals surface area contributed by atoms with Crippen molar-refractivity contribution >= 4 is 12.0 Å². The summed E-state index contributed by atoms with van der Waals surface area (Å²) in [5.41, 5.74) is 2.82. The van der Waals surface area contributed by atoms with Crippen molar-refractivity contribution in [3.05, 3.63) is 71.0 Å². The van der Waals surface area contributed by atoms with E-state index in [1.807, 2.05) is 31.2 Å². The summed E-state index contributed by atoms with van der Waals surface area (Å²) < 4.78 is 24.2. The smallest absolute Gasteiger partial charge is 0.244 e. The first-order valence-corrected chi connectivity index (χ1v) is 9.74. The normalized spacial score (nSPS) is 16.0. The fourth-order valence-electron chi connectivity index (χ4n) is 3.25. The zero-order chi connectivity index (χ0) is 20.6. The number of morpholine rings is 1. The van der Waals surface area contributed by atoms with Crippen molar-refractivity contribution in [1.29, 1.82) is 0 Å². The van der Waals surface area contributed by atoms with Gasteiger partial charge in [-0.1, -0.05) is 35.9 Å². The lowest BCUT2D eigenvalue weighted by molar-refractivity contribution is -0.117. The maximum absolute atomic E-state index is 13.8. The Morgan fingerprint density at radius 1 is 1.24 bits per heavy atom. The SMILES string of the molecule is COc1ccc(/C=C/C(=O)N[C@@H](CN2CCOCC2)c2ccc(C)cc2)cc1F. The van der Waals surface area contributed by atoms with Gasteiger partial charge in [0.05, 0.1) is 26.4 Å². The second-order valence-corrected chi connectivity index (χ2v) is 7.11. The Morgan fingerprint density at radius 3 is 2.62 bits per heavy atom. The summed E-state index contributed by atoms with van der Waals surface area (Å²) in [7, 11) is 1.42. The predicted molar refractivity (Wildman–Crippen MR) is 111 cm³/mol. The lowest BCUT2D eigenvalue weighted by Crippen LogP contribution is -2.42.